The third-order valence-corrected chi connectivity index (χ3v) is 9.57. The number of anilines is 2. The Morgan fingerprint density at radius 2 is 2.00 bits per heavy atom. The molecule has 3 N–H and O–H groups in total. The summed E-state index contributed by atoms with van der Waals surface area (Å²) < 4.78 is 63.3. The number of aromatic nitrogens is 3. The minimum absolute atomic E-state index is 0.0230. The van der Waals surface area contributed by atoms with Crippen LogP contribution in [0.3, 0.4) is 0 Å². The van der Waals surface area contributed by atoms with Gasteiger partial charge in [0.25, 0.3) is 0 Å². The van der Waals surface area contributed by atoms with E-state index in [0.717, 1.165) is 50.4 Å². The Labute approximate surface area is 238 Å². The first kappa shape index (κ1) is 28.4. The smallest absolute Gasteiger partial charge is 0.418 e. The van der Waals surface area contributed by atoms with E-state index in [9.17, 15) is 17.6 Å². The number of ether oxygens (including phenoxy) is 1. The average Bonchev–Trinajstić information content (AvgIpc) is 3.38. The van der Waals surface area contributed by atoms with Crippen LogP contribution in [0.5, 0.6) is 6.01 Å². The van der Waals surface area contributed by atoms with Crippen LogP contribution >= 0.6 is 0 Å². The van der Waals surface area contributed by atoms with Crippen LogP contribution in [-0.4, -0.2) is 77.9 Å². The fourth-order valence-corrected chi connectivity index (χ4v) is 7.45. The van der Waals surface area contributed by atoms with Crippen molar-refractivity contribution in [3.8, 4) is 6.01 Å². The van der Waals surface area contributed by atoms with Gasteiger partial charge in [-0.05, 0) is 56.7 Å². The highest BCUT2D eigenvalue weighted by molar-refractivity contribution is 5.53. The molecule has 0 saturated carbocycles. The molecule has 0 bridgehead atoms. The molecule has 4 atom stereocenters. The maximum absolute atomic E-state index is 14.4. The van der Waals surface area contributed by atoms with E-state index in [1.54, 1.807) is 0 Å². The molecule has 1 aliphatic carbocycles. The summed E-state index contributed by atoms with van der Waals surface area (Å²) in [6, 6.07) is 1.47. The van der Waals surface area contributed by atoms with Crippen LogP contribution in [0.25, 0.3) is 0 Å². The highest BCUT2D eigenvalue weighted by Gasteiger charge is 2.49. The van der Waals surface area contributed by atoms with Crippen LogP contribution in [0.4, 0.5) is 29.2 Å². The van der Waals surface area contributed by atoms with Crippen molar-refractivity contribution < 1.29 is 22.3 Å². The van der Waals surface area contributed by atoms with E-state index < -0.39 is 23.8 Å². The molecule has 3 saturated heterocycles. The van der Waals surface area contributed by atoms with Gasteiger partial charge in [0.2, 0.25) is 0 Å². The van der Waals surface area contributed by atoms with E-state index in [2.05, 4.69) is 20.1 Å². The normalized spacial score (nSPS) is 28.3. The van der Waals surface area contributed by atoms with Gasteiger partial charge in [-0.1, -0.05) is 6.92 Å². The number of pyridine rings is 1. The SMILES string of the molecule is Cc1cc(N)nc([C@H]2Cc3nc(OC[C@@]45CCCN4C[C@H](F)C5)nc(N(C)CC4CNC4)c3C[C@@H]2C)c1C(F)(F)F. The van der Waals surface area contributed by atoms with Crippen molar-refractivity contribution >= 4 is 11.6 Å². The second-order valence-corrected chi connectivity index (χ2v) is 12.6. The Balaban J connectivity index is 1.35. The Bertz CT molecular complexity index is 1300. The number of halogens is 4. The van der Waals surface area contributed by atoms with Crippen LogP contribution in [0.1, 0.15) is 60.2 Å². The van der Waals surface area contributed by atoms with Crippen LogP contribution in [0, 0.1) is 18.8 Å². The average molecular weight is 578 g/mol. The summed E-state index contributed by atoms with van der Waals surface area (Å²) in [4.78, 5) is 18.2. The predicted molar refractivity (Wildman–Crippen MR) is 148 cm³/mol. The molecule has 2 aromatic rings. The first-order valence-corrected chi connectivity index (χ1v) is 14.6. The van der Waals surface area contributed by atoms with Crippen molar-refractivity contribution in [2.24, 2.45) is 11.8 Å². The largest absolute Gasteiger partial charge is 0.461 e. The van der Waals surface area contributed by atoms with Crippen molar-refractivity contribution in [2.45, 2.75) is 69.8 Å². The van der Waals surface area contributed by atoms with Gasteiger partial charge < -0.3 is 20.7 Å². The first-order valence-electron chi connectivity index (χ1n) is 14.6. The zero-order valence-corrected chi connectivity index (χ0v) is 23.9. The van der Waals surface area contributed by atoms with E-state index in [0.29, 0.717) is 31.0 Å². The summed E-state index contributed by atoms with van der Waals surface area (Å²) in [5, 5.41) is 3.30. The zero-order valence-electron chi connectivity index (χ0n) is 23.9. The lowest BCUT2D eigenvalue weighted by molar-refractivity contribution is -0.139. The number of aryl methyl sites for hydroxylation is 1. The summed E-state index contributed by atoms with van der Waals surface area (Å²) >= 11 is 0. The monoisotopic (exact) mass is 577 g/mol. The molecule has 8 nitrogen and oxygen atoms in total. The number of nitrogen functional groups attached to an aromatic ring is 1. The summed E-state index contributed by atoms with van der Waals surface area (Å²) in [6.07, 6.45) is -2.36. The molecule has 2 aromatic heterocycles. The van der Waals surface area contributed by atoms with Crippen LogP contribution in [0.2, 0.25) is 0 Å². The molecule has 0 aromatic carbocycles. The molecule has 0 amide bonds. The van der Waals surface area contributed by atoms with Crippen LogP contribution < -0.4 is 20.7 Å². The Hall–Kier alpha value is -2.73. The van der Waals surface area contributed by atoms with E-state index in [1.807, 2.05) is 14.0 Å². The third-order valence-electron chi connectivity index (χ3n) is 9.57. The molecule has 0 spiro atoms. The molecule has 4 aliphatic rings. The quantitative estimate of drug-likeness (QED) is 0.479. The van der Waals surface area contributed by atoms with Crippen molar-refractivity contribution in [3.63, 3.8) is 0 Å². The number of nitrogens with two attached hydrogens (primary N) is 1. The molecular formula is C29H39F4N7O. The van der Waals surface area contributed by atoms with Crippen LogP contribution in [-0.2, 0) is 19.0 Å². The van der Waals surface area contributed by atoms with Gasteiger partial charge in [0.15, 0.2) is 0 Å². The van der Waals surface area contributed by atoms with Gasteiger partial charge in [-0.3, -0.25) is 4.90 Å². The number of nitrogens with zero attached hydrogens (tertiary/aromatic N) is 5. The van der Waals surface area contributed by atoms with Crippen molar-refractivity contribution in [3.05, 3.63) is 34.1 Å². The van der Waals surface area contributed by atoms with Gasteiger partial charge >= 0.3 is 12.2 Å². The van der Waals surface area contributed by atoms with Gasteiger partial charge in [-0.2, -0.15) is 23.1 Å². The molecule has 224 valence electrons. The zero-order chi connectivity index (χ0) is 29.1. The first-order chi connectivity index (χ1) is 19.4. The molecule has 12 heteroatoms. The minimum atomic E-state index is -4.55. The highest BCUT2D eigenvalue weighted by atomic mass is 19.4. The molecule has 41 heavy (non-hydrogen) atoms. The van der Waals surface area contributed by atoms with Gasteiger partial charge in [0.1, 0.15) is 24.4 Å². The summed E-state index contributed by atoms with van der Waals surface area (Å²) in [7, 11) is 1.99. The number of rotatable bonds is 7. The molecule has 3 aliphatic heterocycles. The number of hydrogen-bond acceptors (Lipinski definition) is 8. The second-order valence-electron chi connectivity index (χ2n) is 12.6. The number of fused-ring (bicyclic) bond motifs is 2. The second kappa shape index (κ2) is 10.5. The standard InChI is InChI=1S/C29H39F4N7O/c1-16-7-21-22(9-20(16)25-24(29(31,32)33)17(2)8-23(34)37-25)36-27(38-26(21)39(3)13-18-11-35-12-18)41-15-28-5-4-6-40(28)14-19(30)10-28/h8,16,18-20,35H,4-7,9-15H2,1-3H3,(H2,34,37)/t16-,19+,20-,28-/m0/s1. The van der Waals surface area contributed by atoms with Crippen molar-refractivity contribution in [1.29, 1.82) is 0 Å². The highest BCUT2D eigenvalue weighted by Crippen LogP contribution is 2.45. The third kappa shape index (κ3) is 5.33. The lowest BCUT2D eigenvalue weighted by Gasteiger charge is -2.36. The number of nitrogens with one attached hydrogen (secondary N) is 1. The Morgan fingerprint density at radius 3 is 2.71 bits per heavy atom. The predicted octanol–water partition coefficient (Wildman–Crippen LogP) is 3.91. The van der Waals surface area contributed by atoms with Gasteiger partial charge in [0.05, 0.1) is 22.5 Å². The van der Waals surface area contributed by atoms with Crippen LogP contribution in [0.15, 0.2) is 6.07 Å². The fourth-order valence-electron chi connectivity index (χ4n) is 7.45. The summed E-state index contributed by atoms with van der Waals surface area (Å²) in [5.41, 5.74) is 6.55. The summed E-state index contributed by atoms with van der Waals surface area (Å²) in [6.45, 7) is 7.61. The maximum Gasteiger partial charge on any atom is 0.418 e. The Kier molecular flexibility index (Phi) is 7.28. The molecule has 6 rings (SSSR count). The fraction of sp³-hybridized carbons (Fsp3) is 0.690. The van der Waals surface area contributed by atoms with Gasteiger partial charge in [-0.15, -0.1) is 0 Å². The Morgan fingerprint density at radius 1 is 1.22 bits per heavy atom. The van der Waals surface area contributed by atoms with E-state index in [-0.39, 0.29) is 47.6 Å². The van der Waals surface area contributed by atoms with Gasteiger partial charge in [0, 0.05) is 57.0 Å². The van der Waals surface area contributed by atoms with E-state index in [4.69, 9.17) is 20.4 Å². The lowest BCUT2D eigenvalue weighted by atomic mass is 9.75. The topological polar surface area (TPSA) is 92.4 Å². The lowest BCUT2D eigenvalue weighted by Crippen LogP contribution is -2.48. The van der Waals surface area contributed by atoms with Gasteiger partial charge in [-0.25, -0.2) is 9.37 Å². The molecule has 5 heterocycles. The molecular weight excluding hydrogens is 538 g/mol. The van der Waals surface area contributed by atoms with Crippen molar-refractivity contribution in [2.75, 3.05) is 57.0 Å². The van der Waals surface area contributed by atoms with Crippen molar-refractivity contribution in [1.82, 2.24) is 25.2 Å². The molecule has 3 fully saturated rings. The maximum atomic E-state index is 14.4. The molecule has 0 unspecified atom stereocenters. The van der Waals surface area contributed by atoms with E-state index >= 15 is 0 Å². The number of hydrogen-bond donors (Lipinski definition) is 2. The van der Waals surface area contributed by atoms with E-state index in [1.165, 1.54) is 13.0 Å². The molecule has 0 radical (unpaired) electrons. The minimum Gasteiger partial charge on any atom is -0.461 e. The number of alkyl halides is 4. The summed E-state index contributed by atoms with van der Waals surface area (Å²) in [5.74, 6) is 0.655.